The number of ether oxygens (including phenoxy) is 2. The van der Waals surface area contributed by atoms with Gasteiger partial charge in [0.25, 0.3) is 0 Å². The molecule has 2 rings (SSSR count). The van der Waals surface area contributed by atoms with Gasteiger partial charge in [0.05, 0.1) is 7.11 Å². The number of carbonyl (C=O) groups excluding carboxylic acids is 1. The molecule has 25 heavy (non-hydrogen) atoms. The van der Waals surface area contributed by atoms with Crippen molar-refractivity contribution in [3.63, 3.8) is 0 Å². The normalized spacial score (nSPS) is 6.40. The smallest absolute Gasteiger partial charge is 0.469 e. The molecule has 0 aliphatic rings. The van der Waals surface area contributed by atoms with E-state index in [9.17, 15) is 4.79 Å². The van der Waals surface area contributed by atoms with Crippen LogP contribution in [0.25, 0.3) is 0 Å². The minimum absolute atomic E-state index is 0. The average molecular weight is 518 g/mol. The molecule has 0 radical (unpaired) electrons. The molecule has 0 saturated heterocycles. The fourth-order valence-corrected chi connectivity index (χ4v) is 0.684. The van der Waals surface area contributed by atoms with Gasteiger partial charge in [0.1, 0.15) is 0 Å². The van der Waals surface area contributed by atoms with Crippen molar-refractivity contribution >= 4 is 5.97 Å². The third kappa shape index (κ3) is 60.5. The van der Waals surface area contributed by atoms with E-state index in [0.29, 0.717) is 0 Å². The summed E-state index contributed by atoms with van der Waals surface area (Å²) in [6, 6.07) is 25.0. The molecule has 0 saturated carbocycles. The van der Waals surface area contributed by atoms with E-state index in [0.717, 1.165) is 0 Å². The van der Waals surface area contributed by atoms with Crippen molar-refractivity contribution in [1.29, 1.82) is 0 Å². The van der Waals surface area contributed by atoms with Crippen LogP contribution in [-0.2, 0) is 35.3 Å². The van der Waals surface area contributed by atoms with Crippen LogP contribution in [0.4, 0.5) is 0 Å². The maximum Gasteiger partial charge on any atom is 2.00 e. The number of hydrogen-bond acceptors (Lipinski definition) is 3. The summed E-state index contributed by atoms with van der Waals surface area (Å²) in [5.41, 5.74) is 0. The molecule has 0 bridgehead atoms. The number of rotatable bonds is 0. The molecule has 2 aromatic carbocycles. The van der Waals surface area contributed by atoms with Gasteiger partial charge in [-0.15, -0.1) is 0 Å². The first-order chi connectivity index (χ1) is 11.7. The fraction of sp³-hybridized carbons (Fsp3) is 0.381. The Kier molecular flexibility index (Phi) is 60.3. The van der Waals surface area contributed by atoms with Crippen LogP contribution in [0, 0.1) is 12.1 Å². The fourth-order valence-electron chi connectivity index (χ4n) is 0.684. The summed E-state index contributed by atoms with van der Waals surface area (Å²) in [5.74, 6) is -0.245. The average Bonchev–Trinajstić information content (AvgIpc) is 2.69. The van der Waals surface area contributed by atoms with E-state index in [1.165, 1.54) is 14.0 Å². The van der Waals surface area contributed by atoms with Gasteiger partial charge >= 0.3 is 27.0 Å². The van der Waals surface area contributed by atoms with Gasteiger partial charge in [0.2, 0.25) is 0 Å². The van der Waals surface area contributed by atoms with Crippen LogP contribution in [0.1, 0.15) is 34.6 Å². The van der Waals surface area contributed by atoms with Gasteiger partial charge < -0.3 is 9.47 Å². The molecule has 0 aliphatic carbocycles. The molecule has 0 fully saturated rings. The van der Waals surface area contributed by atoms with E-state index in [2.05, 4.69) is 21.6 Å². The standard InChI is InChI=1S/2C6H5.C3H6O2.C2H6O.2C2H6.W/c2*1-2-4-6-5-3-1;1-3(4)5-2;1-3-2;2*1-2;/h2*1-5H;1-2H3;1-2H3;2*1-2H3;/q2*-1;;;;;+2. The largest absolute Gasteiger partial charge is 2.00 e. The minimum Gasteiger partial charge on any atom is -0.469 e. The second-order valence-electron chi connectivity index (χ2n) is 3.26. The number of esters is 1. The van der Waals surface area contributed by atoms with Gasteiger partial charge in [-0.2, -0.15) is 72.8 Å². The van der Waals surface area contributed by atoms with Gasteiger partial charge in [-0.3, -0.25) is 4.79 Å². The first-order valence-electron chi connectivity index (χ1n) is 7.95. The number of methoxy groups -OCH3 is 2. The van der Waals surface area contributed by atoms with E-state index in [4.69, 9.17) is 0 Å². The molecule has 2 aromatic rings. The van der Waals surface area contributed by atoms with E-state index in [-0.39, 0.29) is 27.0 Å². The van der Waals surface area contributed by atoms with Crippen molar-refractivity contribution in [2.45, 2.75) is 34.6 Å². The summed E-state index contributed by atoms with van der Waals surface area (Å²) in [6.45, 7) is 9.36. The van der Waals surface area contributed by atoms with Gasteiger partial charge in [0, 0.05) is 21.1 Å². The zero-order valence-corrected chi connectivity index (χ0v) is 19.8. The van der Waals surface area contributed by atoms with Crippen molar-refractivity contribution in [1.82, 2.24) is 0 Å². The minimum atomic E-state index is -0.245. The van der Waals surface area contributed by atoms with E-state index < -0.39 is 0 Å². The Morgan fingerprint density at radius 3 is 0.920 bits per heavy atom. The zero-order valence-electron chi connectivity index (χ0n) is 16.9. The first-order valence-corrected chi connectivity index (χ1v) is 7.95. The van der Waals surface area contributed by atoms with Crippen LogP contribution in [0.2, 0.25) is 0 Å². The molecule has 4 heteroatoms. The Balaban J connectivity index is -0.0000000673. The number of carbonyl (C=O) groups is 1. The van der Waals surface area contributed by atoms with Crippen LogP contribution >= 0.6 is 0 Å². The Labute approximate surface area is 170 Å². The van der Waals surface area contributed by atoms with E-state index >= 15 is 0 Å². The molecule has 0 heterocycles. The molecular formula is C21H34O3W. The van der Waals surface area contributed by atoms with Gasteiger partial charge in [-0.25, -0.2) is 0 Å². The predicted octanol–water partition coefficient (Wildman–Crippen LogP) is 5.47. The van der Waals surface area contributed by atoms with E-state index in [1.807, 2.05) is 88.4 Å². The number of hydrogen-bond donors (Lipinski definition) is 0. The topological polar surface area (TPSA) is 35.5 Å². The summed E-state index contributed by atoms with van der Waals surface area (Å²) >= 11 is 0. The molecule has 0 aromatic heterocycles. The van der Waals surface area contributed by atoms with Gasteiger partial charge in [-0.1, -0.05) is 27.7 Å². The van der Waals surface area contributed by atoms with Gasteiger partial charge in [0.15, 0.2) is 0 Å². The van der Waals surface area contributed by atoms with Gasteiger partial charge in [-0.05, 0) is 0 Å². The van der Waals surface area contributed by atoms with Crippen molar-refractivity contribution in [3.8, 4) is 0 Å². The second kappa shape index (κ2) is 43.3. The maximum atomic E-state index is 9.59. The van der Waals surface area contributed by atoms with E-state index in [1.54, 1.807) is 14.2 Å². The Morgan fingerprint density at radius 2 is 0.880 bits per heavy atom. The number of benzene rings is 2. The van der Waals surface area contributed by atoms with Crippen LogP contribution in [0.5, 0.6) is 0 Å². The van der Waals surface area contributed by atoms with Crippen LogP contribution in [0.15, 0.2) is 60.7 Å². The van der Waals surface area contributed by atoms with Crippen molar-refractivity contribution in [2.75, 3.05) is 21.3 Å². The summed E-state index contributed by atoms with van der Waals surface area (Å²) in [4.78, 5) is 9.59. The second-order valence-corrected chi connectivity index (χ2v) is 3.26. The summed E-state index contributed by atoms with van der Waals surface area (Å²) in [7, 11) is 4.60. The third-order valence-corrected chi connectivity index (χ3v) is 1.50. The first kappa shape index (κ1) is 34.8. The molecular weight excluding hydrogens is 484 g/mol. The Bertz CT molecular complexity index is 296. The van der Waals surface area contributed by atoms with Crippen molar-refractivity contribution in [3.05, 3.63) is 72.8 Å². The predicted molar refractivity (Wildman–Crippen MR) is 104 cm³/mol. The molecule has 142 valence electrons. The summed E-state index contributed by atoms with van der Waals surface area (Å²) < 4.78 is 8.36. The Hall–Kier alpha value is -1.44. The van der Waals surface area contributed by atoms with Crippen molar-refractivity contribution in [2.24, 2.45) is 0 Å². The van der Waals surface area contributed by atoms with Crippen molar-refractivity contribution < 1.29 is 35.3 Å². The van der Waals surface area contributed by atoms with Crippen LogP contribution in [-0.4, -0.2) is 27.3 Å². The van der Waals surface area contributed by atoms with Crippen LogP contribution < -0.4 is 0 Å². The third-order valence-electron chi connectivity index (χ3n) is 1.50. The molecule has 0 N–H and O–H groups in total. The zero-order chi connectivity index (χ0) is 19.5. The molecule has 0 atom stereocenters. The van der Waals surface area contributed by atoms with Crippen LogP contribution in [0.3, 0.4) is 0 Å². The molecule has 0 amide bonds. The summed E-state index contributed by atoms with van der Waals surface area (Å²) in [6.07, 6.45) is 0. The summed E-state index contributed by atoms with van der Waals surface area (Å²) in [5, 5.41) is 0. The molecule has 3 nitrogen and oxygen atoms in total. The maximum absolute atomic E-state index is 9.59. The monoisotopic (exact) mass is 518 g/mol. The Morgan fingerprint density at radius 1 is 0.680 bits per heavy atom. The SMILES string of the molecule is CC.CC.COC.COC(C)=O.[W+2].[c-]1ccccc1.[c-]1ccccc1. The quantitative estimate of drug-likeness (QED) is 0.343. The molecule has 0 spiro atoms. The molecule has 0 aliphatic heterocycles. The molecule has 0 unspecified atom stereocenters.